The van der Waals surface area contributed by atoms with E-state index in [1.807, 2.05) is 4.90 Å². The highest BCUT2D eigenvalue weighted by Crippen LogP contribution is 2.16. The Morgan fingerprint density at radius 1 is 1.13 bits per heavy atom. The van der Waals surface area contributed by atoms with Crippen molar-refractivity contribution in [2.45, 2.75) is 46.1 Å². The van der Waals surface area contributed by atoms with E-state index < -0.39 is 0 Å². The third-order valence-electron chi connectivity index (χ3n) is 3.04. The van der Waals surface area contributed by atoms with E-state index in [2.05, 4.69) is 32.6 Å². The van der Waals surface area contributed by atoms with E-state index in [4.69, 9.17) is 0 Å². The monoisotopic (exact) mass is 212 g/mol. The first kappa shape index (κ1) is 12.5. The van der Waals surface area contributed by atoms with Gasteiger partial charge < -0.3 is 4.90 Å². The average molecular weight is 212 g/mol. The summed E-state index contributed by atoms with van der Waals surface area (Å²) in [6.45, 7) is 12.6. The molecule has 0 aromatic rings. The van der Waals surface area contributed by atoms with Gasteiger partial charge in [0.05, 0.1) is 0 Å². The molecule has 0 spiro atoms. The van der Waals surface area contributed by atoms with Crippen LogP contribution in [-0.4, -0.2) is 47.4 Å². The molecule has 0 saturated carbocycles. The molecule has 1 fully saturated rings. The Hall–Kier alpha value is -0.570. The molecule has 1 amide bonds. The molecule has 1 rings (SSSR count). The van der Waals surface area contributed by atoms with Gasteiger partial charge in [0.15, 0.2) is 0 Å². The van der Waals surface area contributed by atoms with E-state index in [-0.39, 0.29) is 5.54 Å². The van der Waals surface area contributed by atoms with Crippen molar-refractivity contribution in [1.82, 2.24) is 9.80 Å². The quantitative estimate of drug-likeness (QED) is 0.696. The largest absolute Gasteiger partial charge is 0.340 e. The van der Waals surface area contributed by atoms with Gasteiger partial charge in [0.2, 0.25) is 5.91 Å². The summed E-state index contributed by atoms with van der Waals surface area (Å²) >= 11 is 0. The minimum atomic E-state index is 0.236. The fourth-order valence-corrected chi connectivity index (χ4v) is 2.00. The first-order valence-electron chi connectivity index (χ1n) is 5.98. The fraction of sp³-hybridized carbons (Fsp3) is 0.917. The zero-order valence-corrected chi connectivity index (χ0v) is 10.5. The van der Waals surface area contributed by atoms with Crippen LogP contribution in [0, 0.1) is 0 Å². The zero-order chi connectivity index (χ0) is 11.5. The highest BCUT2D eigenvalue weighted by molar-refractivity contribution is 5.76. The van der Waals surface area contributed by atoms with Crippen LogP contribution in [0.5, 0.6) is 0 Å². The second-order valence-electron chi connectivity index (χ2n) is 5.29. The minimum Gasteiger partial charge on any atom is -0.340 e. The Kier molecular flexibility index (Phi) is 4.14. The number of hydrogen-bond acceptors (Lipinski definition) is 2. The normalized spacial score (nSPS) is 19.3. The van der Waals surface area contributed by atoms with Gasteiger partial charge in [0.1, 0.15) is 0 Å². The average Bonchev–Trinajstić information content (AvgIpc) is 2.17. The van der Waals surface area contributed by atoms with Gasteiger partial charge in [-0.1, -0.05) is 6.92 Å². The molecular formula is C12H24N2O. The molecule has 1 heterocycles. The summed E-state index contributed by atoms with van der Waals surface area (Å²) < 4.78 is 0. The lowest BCUT2D eigenvalue weighted by molar-refractivity contribution is -0.133. The first-order chi connectivity index (χ1) is 6.95. The molecule has 0 atom stereocenters. The van der Waals surface area contributed by atoms with E-state index in [0.717, 1.165) is 32.6 Å². The van der Waals surface area contributed by atoms with Gasteiger partial charge in [0, 0.05) is 38.1 Å². The van der Waals surface area contributed by atoms with Crippen LogP contribution in [0.3, 0.4) is 0 Å². The van der Waals surface area contributed by atoms with Crippen LogP contribution >= 0.6 is 0 Å². The lowest BCUT2D eigenvalue weighted by atomic mass is 10.0. The lowest BCUT2D eigenvalue weighted by Crippen LogP contribution is -2.54. The van der Waals surface area contributed by atoms with Crippen LogP contribution in [0.15, 0.2) is 0 Å². The highest BCUT2D eigenvalue weighted by atomic mass is 16.2. The van der Waals surface area contributed by atoms with E-state index >= 15 is 0 Å². The Morgan fingerprint density at radius 2 is 1.67 bits per heavy atom. The minimum absolute atomic E-state index is 0.236. The van der Waals surface area contributed by atoms with Crippen molar-refractivity contribution >= 4 is 5.91 Å². The molecule has 0 unspecified atom stereocenters. The van der Waals surface area contributed by atoms with Crippen LogP contribution in [0.2, 0.25) is 0 Å². The predicted octanol–water partition coefficient (Wildman–Crippen LogP) is 1.73. The molecule has 0 radical (unpaired) electrons. The van der Waals surface area contributed by atoms with Crippen molar-refractivity contribution < 1.29 is 4.79 Å². The molecular weight excluding hydrogens is 188 g/mol. The standard InChI is InChI=1S/C12H24N2O/c1-5-6-11(15)13-7-9-14(10-8-13)12(2,3)4/h5-10H2,1-4H3. The van der Waals surface area contributed by atoms with Crippen LogP contribution in [0.4, 0.5) is 0 Å². The molecule has 0 N–H and O–H groups in total. The summed E-state index contributed by atoms with van der Waals surface area (Å²) in [5, 5.41) is 0. The molecule has 1 saturated heterocycles. The summed E-state index contributed by atoms with van der Waals surface area (Å²) in [5.74, 6) is 0.325. The molecule has 15 heavy (non-hydrogen) atoms. The molecule has 0 aromatic heterocycles. The molecule has 1 aliphatic heterocycles. The van der Waals surface area contributed by atoms with Gasteiger partial charge in [-0.3, -0.25) is 9.69 Å². The predicted molar refractivity (Wildman–Crippen MR) is 62.8 cm³/mol. The number of rotatable bonds is 2. The zero-order valence-electron chi connectivity index (χ0n) is 10.5. The molecule has 0 bridgehead atoms. The second-order valence-corrected chi connectivity index (χ2v) is 5.29. The summed E-state index contributed by atoms with van der Waals surface area (Å²) in [6, 6.07) is 0. The lowest BCUT2D eigenvalue weighted by Gasteiger charge is -2.42. The van der Waals surface area contributed by atoms with Crippen LogP contribution in [0.1, 0.15) is 40.5 Å². The maximum Gasteiger partial charge on any atom is 0.222 e. The van der Waals surface area contributed by atoms with E-state index in [0.29, 0.717) is 12.3 Å². The first-order valence-corrected chi connectivity index (χ1v) is 5.98. The van der Waals surface area contributed by atoms with Crippen LogP contribution in [-0.2, 0) is 4.79 Å². The van der Waals surface area contributed by atoms with E-state index in [9.17, 15) is 4.79 Å². The van der Waals surface area contributed by atoms with Crippen molar-refractivity contribution in [3.05, 3.63) is 0 Å². The van der Waals surface area contributed by atoms with Gasteiger partial charge >= 0.3 is 0 Å². The van der Waals surface area contributed by atoms with Crippen molar-refractivity contribution in [2.75, 3.05) is 26.2 Å². The van der Waals surface area contributed by atoms with Crippen LogP contribution < -0.4 is 0 Å². The topological polar surface area (TPSA) is 23.6 Å². The van der Waals surface area contributed by atoms with Crippen LogP contribution in [0.25, 0.3) is 0 Å². The van der Waals surface area contributed by atoms with E-state index in [1.54, 1.807) is 0 Å². The third kappa shape index (κ3) is 3.49. The number of carbonyl (C=O) groups excluding carboxylic acids is 1. The number of nitrogens with zero attached hydrogens (tertiary/aromatic N) is 2. The summed E-state index contributed by atoms with van der Waals surface area (Å²) in [5.41, 5.74) is 0.236. The number of piperazine rings is 1. The van der Waals surface area contributed by atoms with Gasteiger partial charge in [-0.25, -0.2) is 0 Å². The highest BCUT2D eigenvalue weighted by Gasteiger charge is 2.27. The summed E-state index contributed by atoms with van der Waals surface area (Å²) in [6.07, 6.45) is 1.66. The fourth-order valence-electron chi connectivity index (χ4n) is 2.00. The molecule has 3 nitrogen and oxygen atoms in total. The Labute approximate surface area is 93.4 Å². The molecule has 3 heteroatoms. The Morgan fingerprint density at radius 3 is 2.07 bits per heavy atom. The maximum absolute atomic E-state index is 11.7. The number of hydrogen-bond donors (Lipinski definition) is 0. The van der Waals surface area contributed by atoms with Gasteiger partial charge in [-0.2, -0.15) is 0 Å². The second kappa shape index (κ2) is 4.97. The van der Waals surface area contributed by atoms with Crippen molar-refractivity contribution in [1.29, 1.82) is 0 Å². The summed E-state index contributed by atoms with van der Waals surface area (Å²) in [4.78, 5) is 16.1. The van der Waals surface area contributed by atoms with Crippen molar-refractivity contribution in [3.63, 3.8) is 0 Å². The van der Waals surface area contributed by atoms with Gasteiger partial charge in [0.25, 0.3) is 0 Å². The Bertz CT molecular complexity index is 212. The molecule has 0 aliphatic carbocycles. The maximum atomic E-state index is 11.7. The number of carbonyl (C=O) groups is 1. The third-order valence-corrected chi connectivity index (χ3v) is 3.04. The van der Waals surface area contributed by atoms with E-state index in [1.165, 1.54) is 0 Å². The van der Waals surface area contributed by atoms with Crippen molar-refractivity contribution in [3.8, 4) is 0 Å². The molecule has 0 aromatic carbocycles. The smallest absolute Gasteiger partial charge is 0.222 e. The number of amides is 1. The summed E-state index contributed by atoms with van der Waals surface area (Å²) in [7, 11) is 0. The molecule has 1 aliphatic rings. The van der Waals surface area contributed by atoms with Gasteiger partial charge in [-0.15, -0.1) is 0 Å². The molecule has 88 valence electrons. The Balaban J connectivity index is 2.39. The van der Waals surface area contributed by atoms with Crippen molar-refractivity contribution in [2.24, 2.45) is 0 Å². The SMILES string of the molecule is CCCC(=O)N1CCN(C(C)(C)C)CC1. The van der Waals surface area contributed by atoms with Gasteiger partial charge in [-0.05, 0) is 27.2 Å².